The Kier molecular flexibility index (Phi) is 4.57. The molecule has 0 bridgehead atoms. The first-order chi connectivity index (χ1) is 7.27. The van der Waals surface area contributed by atoms with Crippen LogP contribution in [0.15, 0.2) is 0 Å². The van der Waals surface area contributed by atoms with Gasteiger partial charge in [-0.25, -0.2) is 8.42 Å². The molecule has 0 heterocycles. The summed E-state index contributed by atoms with van der Waals surface area (Å²) in [7, 11) is -5.52. The van der Waals surface area contributed by atoms with Crippen molar-refractivity contribution in [3.8, 4) is 0 Å². The van der Waals surface area contributed by atoms with Gasteiger partial charge in [-0.05, 0) is 27.7 Å². The summed E-state index contributed by atoms with van der Waals surface area (Å²) in [6, 6.07) is 0. The van der Waals surface area contributed by atoms with Gasteiger partial charge >= 0.3 is 21.5 Å². The van der Waals surface area contributed by atoms with E-state index in [-0.39, 0.29) is 0 Å². The summed E-state index contributed by atoms with van der Waals surface area (Å²) in [5.74, 6) is -0.810. The zero-order chi connectivity index (χ0) is 14.1. The highest BCUT2D eigenvalue weighted by Gasteiger charge is 2.47. The van der Waals surface area contributed by atoms with Gasteiger partial charge in [-0.15, -0.1) is 0 Å². The molecular weight excluding hydrogens is 263 g/mol. The van der Waals surface area contributed by atoms with E-state index in [4.69, 9.17) is 0 Å². The normalized spacial score (nSPS) is 15.5. The maximum Gasteiger partial charge on any atom is 0.511 e. The van der Waals surface area contributed by atoms with Crippen LogP contribution in [-0.4, -0.2) is 26.1 Å². The smallest absolute Gasteiger partial charge is 0.445 e. The molecule has 0 amide bonds. The lowest BCUT2D eigenvalue weighted by atomic mass is 9.97. The zero-order valence-electron chi connectivity index (χ0n) is 9.75. The van der Waals surface area contributed by atoms with E-state index >= 15 is 0 Å². The van der Waals surface area contributed by atoms with Gasteiger partial charge in [0.1, 0.15) is 0 Å². The summed E-state index contributed by atoms with van der Waals surface area (Å²) < 4.78 is 63.0. The molecule has 0 rings (SSSR count). The summed E-state index contributed by atoms with van der Waals surface area (Å²) in [4.78, 5) is 11.3. The highest BCUT2D eigenvalue weighted by Crippen LogP contribution is 2.22. The first-order valence-corrected chi connectivity index (χ1v) is 6.05. The largest absolute Gasteiger partial charge is 0.511 e. The molecule has 0 aliphatic carbocycles. The molecular formula is C8H14F3NO4S. The molecule has 0 fully saturated rings. The van der Waals surface area contributed by atoms with Crippen LogP contribution in [0, 0.1) is 5.41 Å². The van der Waals surface area contributed by atoms with Gasteiger partial charge in [0.05, 0.1) is 5.41 Å². The second-order valence-electron chi connectivity index (χ2n) is 4.36. The summed E-state index contributed by atoms with van der Waals surface area (Å²) in [5, 5.41) is 0. The Morgan fingerprint density at radius 2 is 1.65 bits per heavy atom. The van der Waals surface area contributed by atoms with Crippen molar-refractivity contribution < 1.29 is 31.1 Å². The molecule has 0 aromatic rings. The van der Waals surface area contributed by atoms with Crippen LogP contribution >= 0.6 is 0 Å². The van der Waals surface area contributed by atoms with E-state index in [2.05, 4.69) is 4.74 Å². The van der Waals surface area contributed by atoms with E-state index in [9.17, 15) is 26.4 Å². The maximum absolute atomic E-state index is 12.0. The molecule has 0 aromatic heterocycles. The fourth-order valence-corrected chi connectivity index (χ4v) is 1.27. The SMILES string of the molecule is CC(NS(=O)(=O)C(F)(F)F)OC(=O)C(C)(C)C. The van der Waals surface area contributed by atoms with Crippen LogP contribution in [0.4, 0.5) is 13.2 Å². The fraction of sp³-hybridized carbons (Fsp3) is 0.875. The van der Waals surface area contributed by atoms with Gasteiger partial charge < -0.3 is 4.74 Å². The molecule has 9 heteroatoms. The fourth-order valence-electron chi connectivity index (χ4n) is 0.647. The first kappa shape index (κ1) is 16.2. The maximum atomic E-state index is 12.0. The molecule has 1 unspecified atom stereocenters. The molecule has 5 nitrogen and oxygen atoms in total. The second kappa shape index (κ2) is 4.81. The summed E-state index contributed by atoms with van der Waals surface area (Å²) in [5.41, 5.74) is -6.37. The molecule has 0 saturated heterocycles. The van der Waals surface area contributed by atoms with Gasteiger partial charge in [-0.3, -0.25) is 4.79 Å². The second-order valence-corrected chi connectivity index (χ2v) is 6.07. The van der Waals surface area contributed by atoms with Gasteiger partial charge in [0.25, 0.3) is 0 Å². The Hall–Kier alpha value is -0.830. The Bertz CT molecular complexity index is 383. The van der Waals surface area contributed by atoms with Crippen LogP contribution in [0.1, 0.15) is 27.7 Å². The molecule has 0 spiro atoms. The monoisotopic (exact) mass is 277 g/mol. The number of halogens is 3. The van der Waals surface area contributed by atoms with E-state index in [1.54, 1.807) is 0 Å². The van der Waals surface area contributed by atoms with Crippen LogP contribution in [-0.2, 0) is 19.6 Å². The molecule has 17 heavy (non-hydrogen) atoms. The Morgan fingerprint density at radius 1 is 1.24 bits per heavy atom. The van der Waals surface area contributed by atoms with E-state index < -0.39 is 33.1 Å². The molecule has 0 aromatic carbocycles. The predicted octanol–water partition coefficient (Wildman–Crippen LogP) is 1.36. The van der Waals surface area contributed by atoms with E-state index in [0.29, 0.717) is 0 Å². The lowest BCUT2D eigenvalue weighted by Gasteiger charge is -2.21. The highest BCUT2D eigenvalue weighted by molar-refractivity contribution is 7.90. The minimum Gasteiger partial charge on any atom is -0.445 e. The molecule has 0 aliphatic heterocycles. The quantitative estimate of drug-likeness (QED) is 0.624. The molecule has 0 saturated carbocycles. The molecule has 1 N–H and O–H groups in total. The number of ether oxygens (including phenoxy) is 1. The van der Waals surface area contributed by atoms with E-state index in [1.807, 2.05) is 0 Å². The Balaban J connectivity index is 4.60. The van der Waals surface area contributed by atoms with Crippen molar-refractivity contribution in [2.45, 2.75) is 39.4 Å². The van der Waals surface area contributed by atoms with Crippen molar-refractivity contribution in [2.24, 2.45) is 5.41 Å². The van der Waals surface area contributed by atoms with Crippen molar-refractivity contribution >= 4 is 16.0 Å². The minimum absolute atomic E-state index is 0.810. The van der Waals surface area contributed by atoms with Crippen molar-refractivity contribution in [1.29, 1.82) is 0 Å². The van der Waals surface area contributed by atoms with Crippen LogP contribution < -0.4 is 4.72 Å². The third-order valence-corrected chi connectivity index (χ3v) is 2.77. The van der Waals surface area contributed by atoms with Gasteiger partial charge in [0.15, 0.2) is 6.23 Å². The standard InChI is InChI=1S/C8H14F3NO4S/c1-5(16-6(13)7(2,3)4)12-17(14,15)8(9,10)11/h5,12H,1-4H3. The number of sulfonamides is 1. The average molecular weight is 277 g/mol. The van der Waals surface area contributed by atoms with Crippen LogP contribution in [0.5, 0.6) is 0 Å². The third-order valence-electron chi connectivity index (χ3n) is 1.52. The summed E-state index contributed by atoms with van der Waals surface area (Å²) in [6.45, 7) is 5.45. The molecule has 0 aliphatic rings. The lowest BCUT2D eigenvalue weighted by Crippen LogP contribution is -2.44. The van der Waals surface area contributed by atoms with E-state index in [0.717, 1.165) is 6.92 Å². The van der Waals surface area contributed by atoms with E-state index in [1.165, 1.54) is 25.5 Å². The van der Waals surface area contributed by atoms with Crippen molar-refractivity contribution in [3.63, 3.8) is 0 Å². The minimum atomic E-state index is -5.52. The number of carbonyl (C=O) groups is 1. The number of esters is 1. The van der Waals surface area contributed by atoms with Crippen molar-refractivity contribution in [2.75, 3.05) is 0 Å². The summed E-state index contributed by atoms with van der Waals surface area (Å²) >= 11 is 0. The lowest BCUT2D eigenvalue weighted by molar-refractivity contribution is -0.158. The number of nitrogens with one attached hydrogen (secondary N) is 1. The molecule has 0 radical (unpaired) electrons. The highest BCUT2D eigenvalue weighted by atomic mass is 32.2. The van der Waals surface area contributed by atoms with Crippen LogP contribution in [0.3, 0.4) is 0 Å². The van der Waals surface area contributed by atoms with Gasteiger partial charge in [0, 0.05) is 0 Å². The Morgan fingerprint density at radius 3 is 1.94 bits per heavy atom. The first-order valence-electron chi connectivity index (χ1n) is 4.57. The number of hydrogen-bond acceptors (Lipinski definition) is 4. The predicted molar refractivity (Wildman–Crippen MR) is 53.1 cm³/mol. The zero-order valence-corrected chi connectivity index (χ0v) is 10.6. The van der Waals surface area contributed by atoms with Gasteiger partial charge in [0.2, 0.25) is 0 Å². The summed E-state index contributed by atoms with van der Waals surface area (Å²) in [6.07, 6.45) is -1.59. The number of alkyl halides is 3. The third kappa shape index (κ3) is 4.90. The number of hydrogen-bond donors (Lipinski definition) is 1. The Labute approximate surface area is 97.4 Å². The van der Waals surface area contributed by atoms with Gasteiger partial charge in [-0.1, -0.05) is 0 Å². The van der Waals surface area contributed by atoms with Crippen molar-refractivity contribution in [3.05, 3.63) is 0 Å². The van der Waals surface area contributed by atoms with Gasteiger partial charge in [-0.2, -0.15) is 17.9 Å². The van der Waals surface area contributed by atoms with Crippen molar-refractivity contribution in [1.82, 2.24) is 4.72 Å². The molecule has 1 atom stereocenters. The average Bonchev–Trinajstić information content (AvgIpc) is 1.97. The van der Waals surface area contributed by atoms with Crippen LogP contribution in [0.25, 0.3) is 0 Å². The topological polar surface area (TPSA) is 72.5 Å². The van der Waals surface area contributed by atoms with Crippen LogP contribution in [0.2, 0.25) is 0 Å². The number of carbonyl (C=O) groups excluding carboxylic acids is 1. The molecule has 102 valence electrons. The number of rotatable bonds is 3.